The lowest BCUT2D eigenvalue weighted by Crippen LogP contribution is -1.94. The third kappa shape index (κ3) is 3.57. The summed E-state index contributed by atoms with van der Waals surface area (Å²) in [6, 6.07) is 48.4. The Bertz CT molecular complexity index is 2950. The van der Waals surface area contributed by atoms with Crippen LogP contribution in [0.2, 0.25) is 0 Å². The van der Waals surface area contributed by atoms with Crippen molar-refractivity contribution in [2.24, 2.45) is 0 Å². The molecule has 0 N–H and O–H groups in total. The Labute approximate surface area is 276 Å². The molecule has 1 aliphatic rings. The molecule has 0 amide bonds. The van der Waals surface area contributed by atoms with Crippen molar-refractivity contribution >= 4 is 82.3 Å². The summed E-state index contributed by atoms with van der Waals surface area (Å²) in [5.74, 6) is 0. The third-order valence-electron chi connectivity index (χ3n) is 10.5. The molecule has 0 spiro atoms. The van der Waals surface area contributed by atoms with Gasteiger partial charge in [0, 0.05) is 21.5 Å². The topological polar surface area (TPSA) is 26.3 Å². The van der Waals surface area contributed by atoms with Crippen molar-refractivity contribution < 1.29 is 8.83 Å². The maximum atomic E-state index is 6.42. The summed E-state index contributed by atoms with van der Waals surface area (Å²) >= 11 is 0. The van der Waals surface area contributed by atoms with Crippen molar-refractivity contribution in [2.75, 3.05) is 0 Å². The monoisotopic (exact) mass is 612 g/mol. The Morgan fingerprint density at radius 3 is 1.58 bits per heavy atom. The van der Waals surface area contributed by atoms with Crippen LogP contribution in [0.25, 0.3) is 105 Å². The number of allylic oxidation sites excluding steroid dienone is 1. The van der Waals surface area contributed by atoms with E-state index in [2.05, 4.69) is 146 Å². The lowest BCUT2D eigenvalue weighted by Gasteiger charge is -2.18. The van der Waals surface area contributed by atoms with Crippen molar-refractivity contribution in [3.8, 4) is 22.3 Å². The van der Waals surface area contributed by atoms with Crippen LogP contribution in [-0.2, 0) is 6.42 Å². The lowest BCUT2D eigenvalue weighted by molar-refractivity contribution is 0.668. The molecule has 0 radical (unpaired) electrons. The summed E-state index contributed by atoms with van der Waals surface area (Å²) in [4.78, 5) is 0. The summed E-state index contributed by atoms with van der Waals surface area (Å²) in [5, 5.41) is 12.2. The molecule has 8 aromatic carbocycles. The van der Waals surface area contributed by atoms with Crippen LogP contribution in [0.15, 0.2) is 148 Å². The second-order valence-electron chi connectivity index (χ2n) is 13.1. The van der Waals surface area contributed by atoms with Crippen LogP contribution in [-0.4, -0.2) is 0 Å². The normalized spacial score (nSPS) is 13.2. The number of benzene rings is 8. The highest BCUT2D eigenvalue weighted by Gasteiger charge is 2.21. The molecule has 2 nitrogen and oxygen atoms in total. The van der Waals surface area contributed by atoms with Crippen LogP contribution in [0.5, 0.6) is 0 Å². The zero-order valence-corrected chi connectivity index (χ0v) is 26.1. The Morgan fingerprint density at radius 1 is 0.417 bits per heavy atom. The molecule has 2 heteroatoms. The van der Waals surface area contributed by atoms with Crippen molar-refractivity contribution in [1.82, 2.24) is 0 Å². The molecular weight excluding hydrogens is 585 g/mol. The molecule has 0 bridgehead atoms. The minimum Gasteiger partial charge on any atom is -0.456 e. The maximum absolute atomic E-state index is 6.42. The molecule has 0 aliphatic heterocycles. The van der Waals surface area contributed by atoms with E-state index in [9.17, 15) is 0 Å². The minimum atomic E-state index is 0.911. The largest absolute Gasteiger partial charge is 0.456 e. The van der Waals surface area contributed by atoms with Gasteiger partial charge in [-0.3, -0.25) is 0 Å². The first-order valence-corrected chi connectivity index (χ1v) is 16.7. The molecule has 11 rings (SSSR count). The Balaban J connectivity index is 1.21. The molecule has 0 saturated heterocycles. The van der Waals surface area contributed by atoms with Gasteiger partial charge < -0.3 is 8.83 Å². The second-order valence-corrected chi connectivity index (χ2v) is 13.1. The van der Waals surface area contributed by atoms with Gasteiger partial charge in [0.2, 0.25) is 0 Å². The quantitative estimate of drug-likeness (QED) is 0.182. The van der Waals surface area contributed by atoms with Gasteiger partial charge in [0.15, 0.2) is 0 Å². The van der Waals surface area contributed by atoms with Gasteiger partial charge >= 0.3 is 0 Å². The van der Waals surface area contributed by atoms with E-state index >= 15 is 0 Å². The van der Waals surface area contributed by atoms with Crippen LogP contribution < -0.4 is 0 Å². The average Bonchev–Trinajstić information content (AvgIpc) is 3.72. The number of hydrogen-bond donors (Lipinski definition) is 0. The van der Waals surface area contributed by atoms with Gasteiger partial charge in [0.05, 0.1) is 0 Å². The van der Waals surface area contributed by atoms with Gasteiger partial charge in [0.1, 0.15) is 22.3 Å². The molecule has 224 valence electrons. The average molecular weight is 613 g/mol. The molecule has 0 atom stereocenters. The number of rotatable bonds is 2. The molecule has 0 fully saturated rings. The zero-order valence-electron chi connectivity index (χ0n) is 26.1. The van der Waals surface area contributed by atoms with Gasteiger partial charge in [-0.2, -0.15) is 0 Å². The van der Waals surface area contributed by atoms with E-state index in [0.29, 0.717) is 0 Å². The molecule has 1 aliphatic carbocycles. The van der Waals surface area contributed by atoms with Crippen molar-refractivity contribution in [3.05, 3.63) is 151 Å². The Morgan fingerprint density at radius 2 is 0.938 bits per heavy atom. The van der Waals surface area contributed by atoms with E-state index in [1.807, 2.05) is 0 Å². The lowest BCUT2D eigenvalue weighted by atomic mass is 9.85. The maximum Gasteiger partial charge on any atom is 0.136 e. The number of fused-ring (bicyclic) bond motifs is 12. The third-order valence-corrected chi connectivity index (χ3v) is 10.5. The Hall–Kier alpha value is -6.12. The van der Waals surface area contributed by atoms with Crippen LogP contribution in [0.1, 0.15) is 17.5 Å². The second kappa shape index (κ2) is 9.70. The Kier molecular flexibility index (Phi) is 5.25. The van der Waals surface area contributed by atoms with Gasteiger partial charge in [-0.05, 0) is 115 Å². The first-order chi connectivity index (χ1) is 23.8. The van der Waals surface area contributed by atoms with E-state index < -0.39 is 0 Å². The van der Waals surface area contributed by atoms with Gasteiger partial charge in [0.25, 0.3) is 0 Å². The molecule has 0 saturated carbocycles. The van der Waals surface area contributed by atoms with E-state index in [0.717, 1.165) is 40.6 Å². The zero-order chi connectivity index (χ0) is 31.3. The van der Waals surface area contributed by atoms with Gasteiger partial charge in [-0.25, -0.2) is 0 Å². The molecule has 48 heavy (non-hydrogen) atoms. The standard InChI is InChI=1S/C46H28O2/c1-3-11-31-27(9-1)17-23-41-45(31)37-25-29(19-21-39(37)47-41)43-33-13-5-7-15-35(33)44(36-16-8-6-14-34(36)43)30-20-22-40-38(26-30)46-32-12-4-2-10-28(32)18-24-42(46)48-40/h1-3,5-11,13-26H,4,12H2. The molecule has 0 unspecified atom stereocenters. The molecule has 2 heterocycles. The van der Waals surface area contributed by atoms with Crippen LogP contribution in [0, 0.1) is 0 Å². The predicted molar refractivity (Wildman–Crippen MR) is 202 cm³/mol. The van der Waals surface area contributed by atoms with Crippen molar-refractivity contribution in [3.63, 3.8) is 0 Å². The fourth-order valence-corrected chi connectivity index (χ4v) is 8.43. The highest BCUT2D eigenvalue weighted by molar-refractivity contribution is 6.24. The summed E-state index contributed by atoms with van der Waals surface area (Å²) < 4.78 is 12.8. The number of hydrogen-bond acceptors (Lipinski definition) is 2. The van der Waals surface area contributed by atoms with Crippen LogP contribution in [0.4, 0.5) is 0 Å². The summed E-state index contributed by atoms with van der Waals surface area (Å²) in [7, 11) is 0. The smallest absolute Gasteiger partial charge is 0.136 e. The molecule has 10 aromatic rings. The van der Waals surface area contributed by atoms with Gasteiger partial charge in [-0.15, -0.1) is 0 Å². The van der Waals surface area contributed by atoms with E-state index in [4.69, 9.17) is 8.83 Å². The molecule has 2 aromatic heterocycles. The van der Waals surface area contributed by atoms with Crippen molar-refractivity contribution in [1.29, 1.82) is 0 Å². The van der Waals surface area contributed by atoms with Crippen LogP contribution in [0.3, 0.4) is 0 Å². The molecular formula is C46H28O2. The highest BCUT2D eigenvalue weighted by atomic mass is 16.3. The minimum absolute atomic E-state index is 0.911. The first-order valence-electron chi connectivity index (χ1n) is 16.7. The van der Waals surface area contributed by atoms with E-state index in [-0.39, 0.29) is 0 Å². The fraction of sp³-hybridized carbons (Fsp3) is 0.0435. The number of furan rings is 2. The number of aryl methyl sites for hydroxylation is 1. The van der Waals surface area contributed by atoms with E-state index in [1.165, 1.54) is 81.9 Å². The highest BCUT2D eigenvalue weighted by Crippen LogP contribution is 2.46. The SMILES string of the molecule is C1=Cc2ccc3oc4ccc(-c5c6ccccc6c(-c6ccc7oc8ccc9ccccc9c8c7c6)c6ccccc56)cc4c3c2CC1. The predicted octanol–water partition coefficient (Wildman–Crippen LogP) is 13.2. The first kappa shape index (κ1) is 26.0. The summed E-state index contributed by atoms with van der Waals surface area (Å²) in [6.45, 7) is 0. The van der Waals surface area contributed by atoms with Gasteiger partial charge in [-0.1, -0.05) is 109 Å². The summed E-state index contributed by atoms with van der Waals surface area (Å²) in [6.07, 6.45) is 6.63. The summed E-state index contributed by atoms with van der Waals surface area (Å²) in [5.41, 5.74) is 11.3. The van der Waals surface area contributed by atoms with Crippen LogP contribution >= 0.6 is 0 Å². The fourth-order valence-electron chi connectivity index (χ4n) is 8.43. The van der Waals surface area contributed by atoms with Crippen molar-refractivity contribution in [2.45, 2.75) is 12.8 Å². The van der Waals surface area contributed by atoms with E-state index in [1.54, 1.807) is 0 Å².